The Bertz CT molecular complexity index is 713. The van der Waals surface area contributed by atoms with Crippen LogP contribution in [0.5, 0.6) is 0 Å². The number of nitrogens with zero attached hydrogens (tertiary/aromatic N) is 3. The van der Waals surface area contributed by atoms with E-state index in [9.17, 15) is 0 Å². The molecule has 3 rings (SSSR count). The summed E-state index contributed by atoms with van der Waals surface area (Å²) in [5.41, 5.74) is 2.23. The van der Waals surface area contributed by atoms with Crippen LogP contribution in [0, 0.1) is 0 Å². The smallest absolute Gasteiger partial charge is 0.191 e. The van der Waals surface area contributed by atoms with E-state index in [0.29, 0.717) is 12.6 Å². The van der Waals surface area contributed by atoms with Crippen molar-refractivity contribution in [2.24, 2.45) is 4.99 Å². The van der Waals surface area contributed by atoms with E-state index < -0.39 is 0 Å². The SMILES string of the molecule is CCc1cc(CNC(=NC)NC2CCN(c3ccc(Br)cc3)C2)on1. The highest BCUT2D eigenvalue weighted by Crippen LogP contribution is 2.22. The van der Waals surface area contributed by atoms with Crippen molar-refractivity contribution >= 4 is 27.6 Å². The van der Waals surface area contributed by atoms with Crippen LogP contribution in [0.25, 0.3) is 0 Å². The first kappa shape index (κ1) is 17.8. The molecule has 134 valence electrons. The zero-order chi connectivity index (χ0) is 17.6. The largest absolute Gasteiger partial charge is 0.369 e. The molecule has 0 aliphatic carbocycles. The van der Waals surface area contributed by atoms with Crippen LogP contribution in [-0.4, -0.2) is 37.3 Å². The monoisotopic (exact) mass is 405 g/mol. The number of benzene rings is 1. The van der Waals surface area contributed by atoms with Crippen LogP contribution in [0.3, 0.4) is 0 Å². The molecule has 1 aliphatic rings. The van der Waals surface area contributed by atoms with Gasteiger partial charge in [0.1, 0.15) is 0 Å². The minimum atomic E-state index is 0.371. The first-order valence-electron chi connectivity index (χ1n) is 8.60. The Labute approximate surface area is 156 Å². The van der Waals surface area contributed by atoms with Crippen molar-refractivity contribution < 1.29 is 4.52 Å². The normalized spacial score (nSPS) is 17.8. The molecule has 2 heterocycles. The minimum absolute atomic E-state index is 0.371. The van der Waals surface area contributed by atoms with E-state index in [-0.39, 0.29) is 0 Å². The van der Waals surface area contributed by atoms with Gasteiger partial charge < -0.3 is 20.1 Å². The summed E-state index contributed by atoms with van der Waals surface area (Å²) in [7, 11) is 1.79. The van der Waals surface area contributed by atoms with Crippen molar-refractivity contribution in [2.75, 3.05) is 25.0 Å². The van der Waals surface area contributed by atoms with Crippen molar-refractivity contribution in [1.29, 1.82) is 0 Å². The van der Waals surface area contributed by atoms with Gasteiger partial charge in [-0.25, -0.2) is 0 Å². The molecule has 6 nitrogen and oxygen atoms in total. The fourth-order valence-corrected chi connectivity index (χ4v) is 3.19. The van der Waals surface area contributed by atoms with Crippen LogP contribution >= 0.6 is 15.9 Å². The molecule has 2 aromatic rings. The van der Waals surface area contributed by atoms with Gasteiger partial charge in [0.25, 0.3) is 0 Å². The lowest BCUT2D eigenvalue weighted by atomic mass is 10.2. The van der Waals surface area contributed by atoms with Gasteiger partial charge >= 0.3 is 0 Å². The minimum Gasteiger partial charge on any atom is -0.369 e. The van der Waals surface area contributed by atoms with Crippen LogP contribution in [-0.2, 0) is 13.0 Å². The summed E-state index contributed by atoms with van der Waals surface area (Å²) in [6, 6.07) is 10.8. The summed E-state index contributed by atoms with van der Waals surface area (Å²) in [5.74, 6) is 1.61. The number of rotatable bonds is 5. The molecule has 1 aromatic heterocycles. The van der Waals surface area contributed by atoms with Crippen molar-refractivity contribution in [3.63, 3.8) is 0 Å². The maximum atomic E-state index is 5.30. The van der Waals surface area contributed by atoms with Gasteiger partial charge in [0.15, 0.2) is 11.7 Å². The summed E-state index contributed by atoms with van der Waals surface area (Å²) in [4.78, 5) is 6.70. The number of aryl methyl sites for hydroxylation is 1. The van der Waals surface area contributed by atoms with E-state index >= 15 is 0 Å². The molecule has 1 unspecified atom stereocenters. The number of halogens is 1. The molecule has 0 radical (unpaired) electrons. The summed E-state index contributed by atoms with van der Waals surface area (Å²) in [5, 5.41) is 10.8. The van der Waals surface area contributed by atoms with Gasteiger partial charge in [0.05, 0.1) is 12.2 Å². The van der Waals surface area contributed by atoms with Crippen molar-refractivity contribution in [1.82, 2.24) is 15.8 Å². The number of aliphatic imine (C=N–C) groups is 1. The van der Waals surface area contributed by atoms with E-state index in [1.807, 2.05) is 6.07 Å². The van der Waals surface area contributed by atoms with Crippen LogP contribution in [0.4, 0.5) is 5.69 Å². The van der Waals surface area contributed by atoms with E-state index in [2.05, 4.69) is 72.8 Å². The highest BCUT2D eigenvalue weighted by Gasteiger charge is 2.23. The lowest BCUT2D eigenvalue weighted by Gasteiger charge is -2.20. The van der Waals surface area contributed by atoms with E-state index in [4.69, 9.17) is 4.52 Å². The average molecular weight is 406 g/mol. The molecule has 1 aliphatic heterocycles. The van der Waals surface area contributed by atoms with Gasteiger partial charge in [-0.1, -0.05) is 28.0 Å². The zero-order valence-corrected chi connectivity index (χ0v) is 16.2. The third kappa shape index (κ3) is 4.75. The third-order valence-electron chi connectivity index (χ3n) is 4.34. The maximum Gasteiger partial charge on any atom is 0.191 e. The fraction of sp³-hybridized carbons (Fsp3) is 0.444. The van der Waals surface area contributed by atoms with Gasteiger partial charge in [-0.05, 0) is 37.1 Å². The molecule has 0 spiro atoms. The summed E-state index contributed by atoms with van der Waals surface area (Å²) in [6.45, 7) is 4.64. The Morgan fingerprint density at radius 3 is 2.88 bits per heavy atom. The fourth-order valence-electron chi connectivity index (χ4n) is 2.93. The van der Waals surface area contributed by atoms with Gasteiger partial charge in [-0.2, -0.15) is 0 Å². The predicted octanol–water partition coefficient (Wildman–Crippen LogP) is 2.94. The molecule has 1 atom stereocenters. The van der Waals surface area contributed by atoms with Gasteiger partial charge in [-0.15, -0.1) is 0 Å². The van der Waals surface area contributed by atoms with Crippen molar-refractivity contribution in [3.05, 3.63) is 46.3 Å². The quantitative estimate of drug-likeness (QED) is 0.591. The average Bonchev–Trinajstić information content (AvgIpc) is 3.28. The molecule has 0 amide bonds. The molecule has 1 aromatic carbocycles. The number of anilines is 1. The Kier molecular flexibility index (Phi) is 5.96. The lowest BCUT2D eigenvalue weighted by Crippen LogP contribution is -2.44. The second kappa shape index (κ2) is 8.38. The lowest BCUT2D eigenvalue weighted by molar-refractivity contribution is 0.374. The highest BCUT2D eigenvalue weighted by molar-refractivity contribution is 9.10. The number of hydrogen-bond donors (Lipinski definition) is 2. The standard InChI is InChI=1S/C18H24BrN5O/c1-3-14-10-17(25-23-14)11-21-18(20-2)22-15-8-9-24(12-15)16-6-4-13(19)5-7-16/h4-7,10,15H,3,8-9,11-12H2,1-2H3,(H2,20,21,22). The third-order valence-corrected chi connectivity index (χ3v) is 4.87. The molecule has 0 bridgehead atoms. The summed E-state index contributed by atoms with van der Waals surface area (Å²) in [6.07, 6.45) is 1.96. The van der Waals surface area contributed by atoms with E-state index in [1.54, 1.807) is 7.05 Å². The second-order valence-electron chi connectivity index (χ2n) is 6.12. The van der Waals surface area contributed by atoms with E-state index in [0.717, 1.165) is 47.8 Å². The first-order valence-corrected chi connectivity index (χ1v) is 9.39. The molecule has 25 heavy (non-hydrogen) atoms. The molecular formula is C18H24BrN5O. The highest BCUT2D eigenvalue weighted by atomic mass is 79.9. The van der Waals surface area contributed by atoms with E-state index in [1.165, 1.54) is 5.69 Å². The molecular weight excluding hydrogens is 382 g/mol. The molecule has 1 fully saturated rings. The Morgan fingerprint density at radius 2 is 2.20 bits per heavy atom. The zero-order valence-electron chi connectivity index (χ0n) is 14.6. The summed E-state index contributed by atoms with van der Waals surface area (Å²) < 4.78 is 6.40. The Morgan fingerprint density at radius 1 is 1.40 bits per heavy atom. The molecule has 0 saturated carbocycles. The van der Waals surface area contributed by atoms with Crippen LogP contribution in [0.15, 0.2) is 44.3 Å². The summed E-state index contributed by atoms with van der Waals surface area (Å²) >= 11 is 3.48. The topological polar surface area (TPSA) is 65.7 Å². The number of guanidine groups is 1. The second-order valence-corrected chi connectivity index (χ2v) is 7.03. The maximum absolute atomic E-state index is 5.30. The molecule has 1 saturated heterocycles. The first-order chi connectivity index (χ1) is 12.2. The van der Waals surface area contributed by atoms with Gasteiger partial charge in [-0.3, -0.25) is 4.99 Å². The Balaban J connectivity index is 1.50. The Hall–Kier alpha value is -2.02. The van der Waals surface area contributed by atoms with Crippen LogP contribution < -0.4 is 15.5 Å². The number of hydrogen-bond acceptors (Lipinski definition) is 4. The van der Waals surface area contributed by atoms with Crippen molar-refractivity contribution in [3.8, 4) is 0 Å². The van der Waals surface area contributed by atoms with Crippen LogP contribution in [0.1, 0.15) is 24.8 Å². The number of aromatic nitrogens is 1. The van der Waals surface area contributed by atoms with Gasteiger partial charge in [0, 0.05) is 42.4 Å². The van der Waals surface area contributed by atoms with Crippen LogP contribution in [0.2, 0.25) is 0 Å². The molecule has 2 N–H and O–H groups in total. The number of nitrogens with one attached hydrogen (secondary N) is 2. The predicted molar refractivity (Wildman–Crippen MR) is 104 cm³/mol. The molecule has 7 heteroatoms. The van der Waals surface area contributed by atoms with Gasteiger partial charge in [0.2, 0.25) is 0 Å². The van der Waals surface area contributed by atoms with Crippen molar-refractivity contribution in [2.45, 2.75) is 32.4 Å².